The summed E-state index contributed by atoms with van der Waals surface area (Å²) in [5, 5.41) is 8.87. The largest absolute Gasteiger partial charge is 0.323 e. The zero-order valence-corrected chi connectivity index (χ0v) is 13.4. The number of nitrogens with zero attached hydrogens (tertiary/aromatic N) is 3. The second kappa shape index (κ2) is 5.86. The molecule has 0 saturated carbocycles. The summed E-state index contributed by atoms with van der Waals surface area (Å²) < 4.78 is 25.3. The lowest BCUT2D eigenvalue weighted by atomic mass is 10.1. The van der Waals surface area contributed by atoms with Crippen LogP contribution in [0.2, 0.25) is 0 Å². The van der Waals surface area contributed by atoms with E-state index in [4.69, 9.17) is 5.26 Å². The van der Waals surface area contributed by atoms with Crippen molar-refractivity contribution in [1.82, 2.24) is 9.55 Å². The van der Waals surface area contributed by atoms with Gasteiger partial charge in [0.25, 0.3) is 0 Å². The number of hydrogen-bond donors (Lipinski definition) is 0. The second-order valence-electron chi connectivity index (χ2n) is 5.48. The fraction of sp³-hybridized carbons (Fsp3) is 0.176. The maximum atomic E-state index is 11.7. The molecule has 23 heavy (non-hydrogen) atoms. The van der Waals surface area contributed by atoms with Crippen LogP contribution in [0.3, 0.4) is 0 Å². The van der Waals surface area contributed by atoms with Gasteiger partial charge < -0.3 is 4.57 Å². The average molecular weight is 325 g/mol. The minimum absolute atomic E-state index is 0.0992. The van der Waals surface area contributed by atoms with Crippen LogP contribution in [-0.2, 0) is 22.1 Å². The zero-order chi connectivity index (χ0) is 16.4. The summed E-state index contributed by atoms with van der Waals surface area (Å²) in [6.45, 7) is 0.511. The molecule has 0 atom stereocenters. The standard InChI is InChI=1S/C17H15N3O2S/c1-23(21,22)12-17-19-15-4-2-3-5-16(15)20(17)11-14-8-6-13(10-18)7-9-14/h2-9H,11-12H2,1H3. The van der Waals surface area contributed by atoms with Crippen molar-refractivity contribution in [3.05, 3.63) is 65.5 Å². The molecule has 0 unspecified atom stereocenters. The summed E-state index contributed by atoms with van der Waals surface area (Å²) in [5.74, 6) is 0.427. The molecular formula is C17H15N3O2S. The Morgan fingerprint density at radius 2 is 1.83 bits per heavy atom. The highest BCUT2D eigenvalue weighted by atomic mass is 32.2. The van der Waals surface area contributed by atoms with Gasteiger partial charge in [-0.05, 0) is 29.8 Å². The van der Waals surface area contributed by atoms with Gasteiger partial charge in [-0.1, -0.05) is 24.3 Å². The molecule has 0 bridgehead atoms. The van der Waals surface area contributed by atoms with E-state index in [0.717, 1.165) is 16.6 Å². The van der Waals surface area contributed by atoms with E-state index in [0.29, 0.717) is 17.9 Å². The highest BCUT2D eigenvalue weighted by Gasteiger charge is 2.15. The molecule has 1 aromatic heterocycles. The number of imidazole rings is 1. The van der Waals surface area contributed by atoms with Gasteiger partial charge >= 0.3 is 0 Å². The first kappa shape index (κ1) is 15.3. The summed E-state index contributed by atoms with van der Waals surface area (Å²) >= 11 is 0. The first-order valence-electron chi connectivity index (χ1n) is 7.07. The van der Waals surface area contributed by atoms with E-state index in [2.05, 4.69) is 11.1 Å². The Bertz CT molecular complexity index is 996. The molecule has 5 nitrogen and oxygen atoms in total. The number of fused-ring (bicyclic) bond motifs is 1. The quantitative estimate of drug-likeness (QED) is 0.738. The topological polar surface area (TPSA) is 75.8 Å². The third kappa shape index (κ3) is 3.41. The van der Waals surface area contributed by atoms with Crippen molar-refractivity contribution in [1.29, 1.82) is 5.26 Å². The summed E-state index contributed by atoms with van der Waals surface area (Å²) in [7, 11) is -3.18. The molecule has 116 valence electrons. The van der Waals surface area contributed by atoms with Crippen LogP contribution in [0, 0.1) is 11.3 Å². The summed E-state index contributed by atoms with van der Waals surface area (Å²) in [6.07, 6.45) is 1.21. The first-order valence-corrected chi connectivity index (χ1v) is 9.13. The zero-order valence-electron chi connectivity index (χ0n) is 12.6. The lowest BCUT2D eigenvalue weighted by Crippen LogP contribution is -2.10. The molecule has 2 aromatic carbocycles. The molecule has 0 spiro atoms. The van der Waals surface area contributed by atoms with E-state index >= 15 is 0 Å². The van der Waals surface area contributed by atoms with Crippen LogP contribution in [0.5, 0.6) is 0 Å². The van der Waals surface area contributed by atoms with E-state index in [1.165, 1.54) is 6.26 Å². The van der Waals surface area contributed by atoms with Gasteiger partial charge in [0.15, 0.2) is 9.84 Å². The van der Waals surface area contributed by atoms with Gasteiger partial charge in [-0.25, -0.2) is 13.4 Å². The molecule has 0 aliphatic heterocycles. The molecule has 0 radical (unpaired) electrons. The Kier molecular flexibility index (Phi) is 3.89. The van der Waals surface area contributed by atoms with Crippen LogP contribution in [0.15, 0.2) is 48.5 Å². The monoisotopic (exact) mass is 325 g/mol. The Balaban J connectivity index is 2.06. The van der Waals surface area contributed by atoms with Gasteiger partial charge in [-0.15, -0.1) is 0 Å². The van der Waals surface area contributed by atoms with E-state index in [9.17, 15) is 8.42 Å². The lowest BCUT2D eigenvalue weighted by molar-refractivity contribution is 0.597. The van der Waals surface area contributed by atoms with E-state index in [-0.39, 0.29) is 5.75 Å². The fourth-order valence-corrected chi connectivity index (χ4v) is 3.20. The average Bonchev–Trinajstić information content (AvgIpc) is 2.84. The van der Waals surface area contributed by atoms with Gasteiger partial charge in [0, 0.05) is 12.8 Å². The molecular weight excluding hydrogens is 310 g/mol. The molecule has 3 aromatic rings. The number of rotatable bonds is 4. The molecule has 1 heterocycles. The third-order valence-electron chi connectivity index (χ3n) is 3.55. The van der Waals surface area contributed by atoms with Crippen molar-refractivity contribution in [2.24, 2.45) is 0 Å². The third-order valence-corrected chi connectivity index (χ3v) is 4.33. The number of sulfone groups is 1. The predicted molar refractivity (Wildman–Crippen MR) is 88.5 cm³/mol. The predicted octanol–water partition coefficient (Wildman–Crippen LogP) is 2.50. The number of hydrogen-bond acceptors (Lipinski definition) is 4. The Labute approximate surface area is 134 Å². The maximum absolute atomic E-state index is 11.7. The summed E-state index contributed by atoms with van der Waals surface area (Å²) in [5.41, 5.74) is 3.26. The SMILES string of the molecule is CS(=O)(=O)Cc1nc2ccccc2n1Cc1ccc(C#N)cc1. The Morgan fingerprint density at radius 1 is 1.13 bits per heavy atom. The van der Waals surface area contributed by atoms with Crippen molar-refractivity contribution in [2.45, 2.75) is 12.3 Å². The van der Waals surface area contributed by atoms with Gasteiger partial charge in [0.05, 0.1) is 22.7 Å². The molecule has 0 aliphatic carbocycles. The lowest BCUT2D eigenvalue weighted by Gasteiger charge is -2.09. The van der Waals surface area contributed by atoms with Crippen LogP contribution in [0.25, 0.3) is 11.0 Å². The van der Waals surface area contributed by atoms with Crippen LogP contribution >= 0.6 is 0 Å². The molecule has 0 aliphatic rings. The van der Waals surface area contributed by atoms with E-state index in [1.54, 1.807) is 12.1 Å². The van der Waals surface area contributed by atoms with Crippen molar-refractivity contribution < 1.29 is 8.42 Å². The molecule has 0 N–H and O–H groups in total. The maximum Gasteiger partial charge on any atom is 0.154 e. The van der Waals surface area contributed by atoms with E-state index in [1.807, 2.05) is 41.0 Å². The fourth-order valence-electron chi connectivity index (χ4n) is 2.51. The number of nitriles is 1. The van der Waals surface area contributed by atoms with Crippen molar-refractivity contribution in [2.75, 3.05) is 6.26 Å². The van der Waals surface area contributed by atoms with Gasteiger partial charge in [-0.2, -0.15) is 5.26 Å². The number of aromatic nitrogens is 2. The van der Waals surface area contributed by atoms with E-state index < -0.39 is 9.84 Å². The minimum Gasteiger partial charge on any atom is -0.323 e. The van der Waals surface area contributed by atoms with Crippen molar-refractivity contribution in [3.63, 3.8) is 0 Å². The highest BCUT2D eigenvalue weighted by molar-refractivity contribution is 7.89. The molecule has 0 fully saturated rings. The van der Waals surface area contributed by atoms with Crippen molar-refractivity contribution in [3.8, 4) is 6.07 Å². The molecule has 6 heteroatoms. The van der Waals surface area contributed by atoms with Crippen LogP contribution in [-0.4, -0.2) is 24.2 Å². The Hall–Kier alpha value is -2.65. The minimum atomic E-state index is -3.18. The van der Waals surface area contributed by atoms with Crippen molar-refractivity contribution >= 4 is 20.9 Å². The Morgan fingerprint density at radius 3 is 2.48 bits per heavy atom. The van der Waals surface area contributed by atoms with Gasteiger partial charge in [0.1, 0.15) is 11.6 Å². The first-order chi connectivity index (χ1) is 11.0. The smallest absolute Gasteiger partial charge is 0.154 e. The van der Waals surface area contributed by atoms with Gasteiger partial charge in [0.2, 0.25) is 0 Å². The highest BCUT2D eigenvalue weighted by Crippen LogP contribution is 2.19. The summed E-state index contributed by atoms with van der Waals surface area (Å²) in [6, 6.07) is 16.9. The number of para-hydroxylation sites is 2. The van der Waals surface area contributed by atoms with Gasteiger partial charge in [-0.3, -0.25) is 0 Å². The van der Waals surface area contributed by atoms with Crippen LogP contribution in [0.4, 0.5) is 0 Å². The molecule has 0 saturated heterocycles. The molecule has 3 rings (SSSR count). The number of benzene rings is 2. The van der Waals surface area contributed by atoms with Crippen LogP contribution in [0.1, 0.15) is 17.0 Å². The molecule has 0 amide bonds. The normalized spacial score (nSPS) is 11.5. The second-order valence-corrected chi connectivity index (χ2v) is 7.62. The van der Waals surface area contributed by atoms with Crippen LogP contribution < -0.4 is 0 Å². The summed E-state index contributed by atoms with van der Waals surface area (Å²) in [4.78, 5) is 4.46.